The summed E-state index contributed by atoms with van der Waals surface area (Å²) in [5.41, 5.74) is 5.80. The van der Waals surface area contributed by atoms with Crippen LogP contribution in [0.3, 0.4) is 0 Å². The fraction of sp³-hybridized carbons (Fsp3) is 0.103. The standard InChI is InChI=1S/C29H25N3O4/c1-3-20-10-15-23(16-11-20)31-27(33)28(34)32-30-18-25-24-7-5-4-6-21(24)14-17-26(25)36-29(35)22-12-8-19(2)9-13-22/h4-18H,3H2,1-2H3,(H,31,33)(H,32,34)/b30-18-. The van der Waals surface area contributed by atoms with Crippen molar-refractivity contribution in [1.29, 1.82) is 0 Å². The van der Waals surface area contributed by atoms with Crippen LogP contribution >= 0.6 is 0 Å². The van der Waals surface area contributed by atoms with Gasteiger partial charge in [0.05, 0.1) is 11.8 Å². The van der Waals surface area contributed by atoms with Gasteiger partial charge in [-0.2, -0.15) is 5.10 Å². The molecule has 0 radical (unpaired) electrons. The molecule has 0 aromatic heterocycles. The van der Waals surface area contributed by atoms with Crippen molar-refractivity contribution in [2.24, 2.45) is 5.10 Å². The van der Waals surface area contributed by atoms with Crippen LogP contribution in [0.5, 0.6) is 5.75 Å². The summed E-state index contributed by atoms with van der Waals surface area (Å²) in [5, 5.41) is 8.16. The molecule has 0 saturated carbocycles. The summed E-state index contributed by atoms with van der Waals surface area (Å²) in [5.74, 6) is -2.01. The first-order chi connectivity index (χ1) is 17.4. The lowest BCUT2D eigenvalue weighted by Crippen LogP contribution is -2.32. The van der Waals surface area contributed by atoms with E-state index in [1.165, 1.54) is 6.21 Å². The maximum absolute atomic E-state index is 12.7. The van der Waals surface area contributed by atoms with Gasteiger partial charge in [-0.15, -0.1) is 0 Å². The van der Waals surface area contributed by atoms with E-state index in [1.54, 1.807) is 30.3 Å². The van der Waals surface area contributed by atoms with E-state index in [-0.39, 0.29) is 5.75 Å². The van der Waals surface area contributed by atoms with Gasteiger partial charge in [-0.1, -0.05) is 67.1 Å². The number of hydrazone groups is 1. The molecule has 4 aromatic carbocycles. The van der Waals surface area contributed by atoms with Crippen LogP contribution in [-0.4, -0.2) is 24.0 Å². The lowest BCUT2D eigenvalue weighted by molar-refractivity contribution is -0.136. The Bertz CT molecular complexity index is 1440. The Balaban J connectivity index is 1.51. The third kappa shape index (κ3) is 5.82. The molecule has 2 N–H and O–H groups in total. The molecule has 0 bridgehead atoms. The van der Waals surface area contributed by atoms with Gasteiger partial charge in [0.1, 0.15) is 5.75 Å². The maximum Gasteiger partial charge on any atom is 0.343 e. The summed E-state index contributed by atoms with van der Waals surface area (Å²) in [6, 6.07) is 25.3. The van der Waals surface area contributed by atoms with Crippen molar-refractivity contribution in [2.45, 2.75) is 20.3 Å². The van der Waals surface area contributed by atoms with Crippen molar-refractivity contribution in [3.63, 3.8) is 0 Å². The number of benzene rings is 4. The quantitative estimate of drug-likeness (QED) is 0.133. The number of nitrogens with zero attached hydrogens (tertiary/aromatic N) is 1. The van der Waals surface area contributed by atoms with E-state index in [2.05, 4.69) is 15.8 Å². The zero-order chi connectivity index (χ0) is 25.5. The predicted octanol–water partition coefficient (Wildman–Crippen LogP) is 5.02. The Labute approximate surface area is 208 Å². The largest absolute Gasteiger partial charge is 0.422 e. The van der Waals surface area contributed by atoms with Gasteiger partial charge in [0.15, 0.2) is 0 Å². The molecule has 0 fully saturated rings. The van der Waals surface area contributed by atoms with E-state index in [0.717, 1.165) is 28.3 Å². The van der Waals surface area contributed by atoms with E-state index in [0.29, 0.717) is 16.8 Å². The molecule has 0 atom stereocenters. The zero-order valence-electron chi connectivity index (χ0n) is 19.9. The monoisotopic (exact) mass is 479 g/mol. The van der Waals surface area contributed by atoms with Gasteiger partial charge in [-0.05, 0) is 60.0 Å². The van der Waals surface area contributed by atoms with E-state index in [1.807, 2.05) is 68.4 Å². The number of amides is 2. The summed E-state index contributed by atoms with van der Waals surface area (Å²) in [6.07, 6.45) is 2.24. The zero-order valence-corrected chi connectivity index (χ0v) is 19.9. The first kappa shape index (κ1) is 24.3. The van der Waals surface area contributed by atoms with Gasteiger partial charge in [0, 0.05) is 11.3 Å². The van der Waals surface area contributed by atoms with Crippen molar-refractivity contribution in [1.82, 2.24) is 5.43 Å². The summed E-state index contributed by atoms with van der Waals surface area (Å²) in [7, 11) is 0. The molecule has 2 amide bonds. The molecule has 36 heavy (non-hydrogen) atoms. The van der Waals surface area contributed by atoms with Gasteiger partial charge in [0.25, 0.3) is 0 Å². The third-order valence-electron chi connectivity index (χ3n) is 5.61. The molecule has 0 aliphatic carbocycles. The summed E-state index contributed by atoms with van der Waals surface area (Å²) >= 11 is 0. The molecule has 180 valence electrons. The van der Waals surface area contributed by atoms with Gasteiger partial charge in [0.2, 0.25) is 0 Å². The number of hydrogen-bond acceptors (Lipinski definition) is 5. The van der Waals surface area contributed by atoms with Crippen molar-refractivity contribution in [2.75, 3.05) is 5.32 Å². The minimum atomic E-state index is -0.927. The number of rotatable bonds is 6. The number of esters is 1. The van der Waals surface area contributed by atoms with E-state index in [9.17, 15) is 14.4 Å². The molecule has 7 heteroatoms. The third-order valence-corrected chi connectivity index (χ3v) is 5.61. The van der Waals surface area contributed by atoms with Gasteiger partial charge < -0.3 is 10.1 Å². The second kappa shape index (κ2) is 11.1. The van der Waals surface area contributed by atoms with Crippen molar-refractivity contribution in [3.05, 3.63) is 107 Å². The van der Waals surface area contributed by atoms with Gasteiger partial charge >= 0.3 is 17.8 Å². The van der Waals surface area contributed by atoms with E-state index in [4.69, 9.17) is 4.74 Å². The highest BCUT2D eigenvalue weighted by Gasteiger charge is 2.15. The number of aryl methyl sites for hydroxylation is 2. The van der Waals surface area contributed by atoms with Crippen LogP contribution in [0.1, 0.15) is 34.0 Å². The fourth-order valence-corrected chi connectivity index (χ4v) is 3.56. The smallest absolute Gasteiger partial charge is 0.343 e. The average molecular weight is 480 g/mol. The van der Waals surface area contributed by atoms with Crippen LogP contribution in [0.2, 0.25) is 0 Å². The predicted molar refractivity (Wildman–Crippen MR) is 140 cm³/mol. The van der Waals surface area contributed by atoms with E-state index >= 15 is 0 Å². The topological polar surface area (TPSA) is 96.9 Å². The Morgan fingerprint density at radius 3 is 2.31 bits per heavy atom. The number of carbonyl (C=O) groups is 3. The second-order valence-electron chi connectivity index (χ2n) is 8.16. The van der Waals surface area contributed by atoms with Crippen LogP contribution in [0, 0.1) is 6.92 Å². The molecule has 4 aromatic rings. The second-order valence-corrected chi connectivity index (χ2v) is 8.16. The molecular weight excluding hydrogens is 454 g/mol. The molecule has 0 unspecified atom stereocenters. The van der Waals surface area contributed by atoms with Crippen molar-refractivity contribution in [3.8, 4) is 5.75 Å². The van der Waals surface area contributed by atoms with Crippen LogP contribution in [0.15, 0.2) is 90.0 Å². The first-order valence-electron chi connectivity index (χ1n) is 11.5. The van der Waals surface area contributed by atoms with E-state index < -0.39 is 17.8 Å². The van der Waals surface area contributed by atoms with Crippen molar-refractivity contribution >= 4 is 40.5 Å². The molecule has 4 rings (SSSR count). The number of carbonyl (C=O) groups excluding carboxylic acids is 3. The highest BCUT2D eigenvalue weighted by atomic mass is 16.5. The molecule has 0 heterocycles. The number of fused-ring (bicyclic) bond motifs is 1. The molecular formula is C29H25N3O4. The summed E-state index contributed by atoms with van der Waals surface area (Å²) < 4.78 is 5.66. The number of ether oxygens (including phenoxy) is 1. The first-order valence-corrected chi connectivity index (χ1v) is 11.5. The fourth-order valence-electron chi connectivity index (χ4n) is 3.56. The minimum absolute atomic E-state index is 0.276. The molecule has 0 aliphatic heterocycles. The molecule has 0 aliphatic rings. The Morgan fingerprint density at radius 2 is 1.58 bits per heavy atom. The highest BCUT2D eigenvalue weighted by Crippen LogP contribution is 2.27. The number of hydrogen-bond donors (Lipinski definition) is 2. The minimum Gasteiger partial charge on any atom is -0.422 e. The van der Waals surface area contributed by atoms with Crippen molar-refractivity contribution < 1.29 is 19.1 Å². The normalized spacial score (nSPS) is 10.8. The van der Waals surface area contributed by atoms with Crippen LogP contribution < -0.4 is 15.5 Å². The Kier molecular flexibility index (Phi) is 7.51. The molecule has 0 spiro atoms. The number of nitrogens with one attached hydrogen (secondary N) is 2. The van der Waals surface area contributed by atoms with Crippen LogP contribution in [0.25, 0.3) is 10.8 Å². The van der Waals surface area contributed by atoms with Crippen LogP contribution in [0.4, 0.5) is 5.69 Å². The molecule has 0 saturated heterocycles. The highest BCUT2D eigenvalue weighted by molar-refractivity contribution is 6.39. The maximum atomic E-state index is 12.7. The summed E-state index contributed by atoms with van der Waals surface area (Å²) in [6.45, 7) is 3.97. The Morgan fingerprint density at radius 1 is 0.861 bits per heavy atom. The lowest BCUT2D eigenvalue weighted by Gasteiger charge is -2.11. The van der Waals surface area contributed by atoms with Gasteiger partial charge in [-0.25, -0.2) is 10.2 Å². The Hall–Kier alpha value is -4.78. The summed E-state index contributed by atoms with van der Waals surface area (Å²) in [4.78, 5) is 37.2. The van der Waals surface area contributed by atoms with Gasteiger partial charge in [-0.3, -0.25) is 9.59 Å². The lowest BCUT2D eigenvalue weighted by atomic mass is 10.0. The number of anilines is 1. The van der Waals surface area contributed by atoms with Crippen LogP contribution in [-0.2, 0) is 16.0 Å². The SMILES string of the molecule is CCc1ccc(NC(=O)C(=O)N/N=C\c2c(OC(=O)c3ccc(C)cc3)ccc3ccccc23)cc1. The molecule has 7 nitrogen and oxygen atoms in total. The average Bonchev–Trinajstić information content (AvgIpc) is 2.90.